The zero-order chi connectivity index (χ0) is 17.0. The summed E-state index contributed by atoms with van der Waals surface area (Å²) < 4.78 is 27.4. The van der Waals surface area contributed by atoms with E-state index in [9.17, 15) is 8.42 Å². The summed E-state index contributed by atoms with van der Waals surface area (Å²) in [6.07, 6.45) is 10.4. The lowest BCUT2D eigenvalue weighted by molar-refractivity contribution is 0.131. The van der Waals surface area contributed by atoms with Crippen LogP contribution in [0.4, 0.5) is 0 Å². The lowest BCUT2D eigenvalue weighted by Gasteiger charge is -2.44. The van der Waals surface area contributed by atoms with Gasteiger partial charge in [0.25, 0.3) is 0 Å². The highest BCUT2D eigenvalue weighted by Gasteiger charge is 2.35. The quantitative estimate of drug-likeness (QED) is 0.572. The first-order valence-electron chi connectivity index (χ1n) is 8.07. The van der Waals surface area contributed by atoms with E-state index < -0.39 is 10.0 Å². The van der Waals surface area contributed by atoms with Crippen molar-refractivity contribution >= 4 is 38.7 Å². The summed E-state index contributed by atoms with van der Waals surface area (Å²) in [6.45, 7) is 5.50. The van der Waals surface area contributed by atoms with Crippen LogP contribution in [0, 0.1) is 5.92 Å². The van der Waals surface area contributed by atoms with Crippen molar-refractivity contribution in [2.45, 2.75) is 38.8 Å². The highest BCUT2D eigenvalue weighted by Crippen LogP contribution is 2.27. The van der Waals surface area contributed by atoms with Crippen LogP contribution in [0.2, 0.25) is 0 Å². The van der Waals surface area contributed by atoms with Gasteiger partial charge >= 0.3 is 0 Å². The van der Waals surface area contributed by atoms with Crippen LogP contribution in [0.25, 0.3) is 0 Å². The van der Waals surface area contributed by atoms with Crippen molar-refractivity contribution in [1.82, 2.24) is 9.21 Å². The van der Waals surface area contributed by atoms with E-state index in [0.29, 0.717) is 5.92 Å². The van der Waals surface area contributed by atoms with Crippen molar-refractivity contribution in [2.75, 3.05) is 25.1 Å². The van der Waals surface area contributed by atoms with Gasteiger partial charge in [-0.15, -0.1) is 12.6 Å². The first-order chi connectivity index (χ1) is 10.8. The van der Waals surface area contributed by atoms with Crippen LogP contribution >= 0.6 is 24.0 Å². The van der Waals surface area contributed by atoms with Crippen LogP contribution in [0.5, 0.6) is 0 Å². The van der Waals surface area contributed by atoms with E-state index in [0.717, 1.165) is 25.3 Å². The lowest BCUT2D eigenvalue weighted by atomic mass is 9.96. The molecule has 23 heavy (non-hydrogen) atoms. The first kappa shape index (κ1) is 19.1. The minimum absolute atomic E-state index is 0.00509. The fourth-order valence-corrected chi connectivity index (χ4v) is 5.96. The van der Waals surface area contributed by atoms with Crippen molar-refractivity contribution in [2.24, 2.45) is 5.92 Å². The third-order valence-electron chi connectivity index (χ3n) is 4.47. The second kappa shape index (κ2) is 8.23. The number of thiol groups is 2. The maximum atomic E-state index is 11.9. The molecule has 132 valence electrons. The summed E-state index contributed by atoms with van der Waals surface area (Å²) >= 11 is 5.42. The molecule has 0 saturated carbocycles. The van der Waals surface area contributed by atoms with E-state index in [1.807, 2.05) is 18.5 Å². The monoisotopic (exact) mass is 376 g/mol. The van der Waals surface area contributed by atoms with Crippen LogP contribution in [-0.4, -0.2) is 59.5 Å². The molecule has 0 aromatic rings. The zero-order valence-corrected chi connectivity index (χ0v) is 16.7. The molecule has 1 fully saturated rings. The van der Waals surface area contributed by atoms with E-state index in [-0.39, 0.29) is 12.1 Å². The molecule has 0 bridgehead atoms. The maximum absolute atomic E-state index is 11.9. The number of piperazine rings is 1. The largest absolute Gasteiger partial charge is 0.369 e. The Labute approximate surface area is 150 Å². The van der Waals surface area contributed by atoms with Gasteiger partial charge in [0.1, 0.15) is 0 Å². The van der Waals surface area contributed by atoms with Gasteiger partial charge in [-0.3, -0.25) is 0 Å². The Morgan fingerprint density at radius 2 is 2.00 bits per heavy atom. The molecule has 1 saturated heterocycles. The fourth-order valence-electron chi connectivity index (χ4n) is 3.57. The fraction of sp³-hybridized carbons (Fsp3) is 0.688. The molecule has 7 heteroatoms. The van der Waals surface area contributed by atoms with E-state index in [2.05, 4.69) is 35.8 Å². The van der Waals surface area contributed by atoms with Gasteiger partial charge in [0, 0.05) is 30.9 Å². The van der Waals surface area contributed by atoms with Gasteiger partial charge in [-0.1, -0.05) is 12.2 Å². The molecule has 0 amide bonds. The number of hydrogen-bond donors (Lipinski definition) is 2. The van der Waals surface area contributed by atoms with Crippen LogP contribution < -0.4 is 0 Å². The predicted octanol–water partition coefficient (Wildman–Crippen LogP) is 2.35. The Kier molecular flexibility index (Phi) is 6.83. The number of nitrogens with zero attached hydrogens (tertiary/aromatic N) is 2. The number of rotatable bonds is 5. The van der Waals surface area contributed by atoms with Crippen LogP contribution in [-0.2, 0) is 10.0 Å². The number of allylic oxidation sites excluding steroid dienone is 3. The highest BCUT2D eigenvalue weighted by atomic mass is 32.2. The van der Waals surface area contributed by atoms with Crippen molar-refractivity contribution in [1.29, 1.82) is 0 Å². The van der Waals surface area contributed by atoms with Gasteiger partial charge in [-0.05, 0) is 49.1 Å². The smallest absolute Gasteiger partial charge is 0.211 e. The molecular formula is C16H28N2O2S3. The topological polar surface area (TPSA) is 40.6 Å². The standard InChI is InChI=1S/C16H28N2O2S3/c1-13-10-17(11-14(2)18(13)23(3,19)20)16-6-4-15(5-7-16)8-9-22-12-21/h4,6-7,12-15,21-22H,5,8-11H2,1-3H3. The molecule has 1 heterocycles. The molecule has 1 aliphatic heterocycles. The molecule has 0 radical (unpaired) electrons. The van der Waals surface area contributed by atoms with Gasteiger partial charge in [0.2, 0.25) is 10.0 Å². The molecule has 0 N–H and O–H groups in total. The Balaban J connectivity index is 1.96. The van der Waals surface area contributed by atoms with E-state index >= 15 is 0 Å². The van der Waals surface area contributed by atoms with Crippen LogP contribution in [0.15, 0.2) is 23.9 Å². The summed E-state index contributed by atoms with van der Waals surface area (Å²) in [7, 11) is -3.14. The molecular weight excluding hydrogens is 348 g/mol. The van der Waals surface area contributed by atoms with E-state index in [1.165, 1.54) is 29.7 Å². The van der Waals surface area contributed by atoms with Gasteiger partial charge in [0.05, 0.1) is 6.26 Å². The lowest BCUT2D eigenvalue weighted by Crippen LogP contribution is -2.57. The predicted molar refractivity (Wildman–Crippen MR) is 106 cm³/mol. The third kappa shape index (κ3) is 5.11. The summed E-state index contributed by atoms with van der Waals surface area (Å²) in [6, 6.07) is 0.0102. The highest BCUT2D eigenvalue weighted by molar-refractivity contribution is 8.15. The van der Waals surface area contributed by atoms with Gasteiger partial charge in [-0.25, -0.2) is 8.42 Å². The molecule has 1 aliphatic carbocycles. The van der Waals surface area contributed by atoms with Crippen LogP contribution in [0.1, 0.15) is 26.7 Å². The second-order valence-electron chi connectivity index (χ2n) is 6.49. The van der Waals surface area contributed by atoms with Gasteiger partial charge in [0.15, 0.2) is 0 Å². The summed E-state index contributed by atoms with van der Waals surface area (Å²) in [4.78, 5) is 2.32. The molecule has 3 unspecified atom stereocenters. The van der Waals surface area contributed by atoms with Crippen molar-refractivity contribution in [3.63, 3.8) is 0 Å². The van der Waals surface area contributed by atoms with Crippen molar-refractivity contribution in [3.05, 3.63) is 23.9 Å². The number of hydrogen-bond acceptors (Lipinski definition) is 3. The molecule has 0 aromatic carbocycles. The zero-order valence-electron chi connectivity index (χ0n) is 14.1. The average molecular weight is 377 g/mol. The van der Waals surface area contributed by atoms with Crippen LogP contribution in [0.3, 0.4) is 0 Å². The second-order valence-corrected chi connectivity index (χ2v) is 10.1. The summed E-state index contributed by atoms with van der Waals surface area (Å²) in [5.74, 6) is 1.77. The minimum atomic E-state index is -3.14. The number of sulfonamides is 1. The third-order valence-corrected chi connectivity index (χ3v) is 7.12. The summed E-state index contributed by atoms with van der Waals surface area (Å²) in [5, 5.41) is 0. The molecule has 4 nitrogen and oxygen atoms in total. The first-order valence-corrected chi connectivity index (χ1v) is 11.6. The molecule has 2 aliphatic rings. The normalized spacial score (nSPS) is 30.3. The Morgan fingerprint density at radius 1 is 1.35 bits per heavy atom. The Bertz CT molecular complexity index is 586. The van der Waals surface area contributed by atoms with Gasteiger partial charge < -0.3 is 4.90 Å². The van der Waals surface area contributed by atoms with Gasteiger partial charge in [-0.2, -0.15) is 15.7 Å². The Hall–Kier alpha value is -0.240. The van der Waals surface area contributed by atoms with Crippen molar-refractivity contribution in [3.8, 4) is 0 Å². The average Bonchev–Trinajstić information content (AvgIpc) is 2.46. The SMILES string of the molecule is CC1CN(C2=CCC(CC[SH]=CS)C=C2)CC(C)N1S(C)(=O)=O. The molecule has 2 rings (SSSR count). The minimum Gasteiger partial charge on any atom is -0.369 e. The van der Waals surface area contributed by atoms with E-state index in [1.54, 1.807) is 4.31 Å². The maximum Gasteiger partial charge on any atom is 0.211 e. The van der Waals surface area contributed by atoms with E-state index in [4.69, 9.17) is 0 Å². The molecule has 3 atom stereocenters. The molecule has 0 aromatic heterocycles. The summed E-state index contributed by atoms with van der Waals surface area (Å²) in [5.41, 5.74) is 1.24. The molecule has 0 spiro atoms. The van der Waals surface area contributed by atoms with Crippen molar-refractivity contribution < 1.29 is 8.42 Å². The Morgan fingerprint density at radius 3 is 2.48 bits per heavy atom.